The van der Waals surface area contributed by atoms with Gasteiger partial charge in [-0.25, -0.2) is 4.79 Å². The Bertz CT molecular complexity index is 3550. The molecule has 0 spiro atoms. The molecular weight excluding hydrogens is 1820 g/mol. The van der Waals surface area contributed by atoms with Crippen molar-refractivity contribution in [1.82, 2.24) is 0 Å². The summed E-state index contributed by atoms with van der Waals surface area (Å²) >= 11 is 0. The summed E-state index contributed by atoms with van der Waals surface area (Å²) in [6.45, 7) is -4.31. The molecule has 22 unspecified atom stereocenters. The molecule has 0 aromatic carbocycles. The lowest BCUT2D eigenvalue weighted by Crippen LogP contribution is -2.68. The molecule has 0 aromatic heterocycles. The summed E-state index contributed by atoms with van der Waals surface area (Å²) in [6, 6.07) is -3.05. The first-order chi connectivity index (χ1) is 62.8. The summed E-state index contributed by atoms with van der Waals surface area (Å²) in [5.41, 5.74) is 12.0. The van der Waals surface area contributed by atoms with Gasteiger partial charge in [-0.15, -0.1) is 0 Å². The highest BCUT2D eigenvalue weighted by molar-refractivity contribution is 5.76. The summed E-state index contributed by atoms with van der Waals surface area (Å²) in [6.07, 6.45) is -97.1. The number of carboxylic acids is 1. The van der Waals surface area contributed by atoms with Crippen LogP contribution in [0.2, 0.25) is 0 Å². The molecule has 11 fully saturated rings. The van der Waals surface area contributed by atoms with Gasteiger partial charge < -0.3 is 269 Å². The second kappa shape index (κ2) is 47.0. The number of hydrogen-bond donors (Lipinski definition) is 33. The Balaban J connectivity index is 0.827. The SMILES string of the molecule is CC1C(O)[C@H](O[C@@H]2OC(CO[C@]3(C(=O)O)C[C@@H](O)[C@@H](N)C([C@H](O)C(O)CO)O3)[C@H](O)C(O)[C@@H]2O)[C@H](CO)O[C@H]1O[C@@H]1C(O)[C@H](O)C(CO)O[C@@H]1OCC1O[C@@H](O[C@@H]2C(CO)O[C@@H](O[C@@H]3C(CO)O[C@@H](C)[C@@H](C)C3O)[C@@H](C)C2O)[C@H](O)C(O[C@H]2O[C@H](CO)[C@@H](O)C(O)C2O[C@@H]2OC(CO)[C@@H](O[C@@H]3OC(CO[C@]4(C=O)C[C@@H](O)[C@@H](N)C([C@H](O)C(O)CO)O4)[C@H](O)C(O)[C@@H]3O)C(O)[C@@H]2C)[C@@H]1O. The molecular formula is C77H132N2O54. The zero-order chi connectivity index (χ0) is 98.1. The molecule has 0 bridgehead atoms. The molecule has 0 amide bonds. The lowest BCUT2D eigenvalue weighted by atomic mass is 9.88. The summed E-state index contributed by atoms with van der Waals surface area (Å²) in [7, 11) is 0. The van der Waals surface area contributed by atoms with Crippen molar-refractivity contribution in [3.8, 4) is 0 Å². The largest absolute Gasteiger partial charge is 0.477 e. The van der Waals surface area contributed by atoms with Crippen LogP contribution >= 0.6 is 0 Å². The molecule has 11 saturated heterocycles. The number of aliphatic carboxylic acids is 1. The smallest absolute Gasteiger partial charge is 0.364 e. The van der Waals surface area contributed by atoms with Gasteiger partial charge in [0.15, 0.2) is 56.6 Å². The third-order valence-corrected chi connectivity index (χ3v) is 26.7. The number of aliphatic hydroxyl groups is 30. The minimum atomic E-state index is -2.96. The van der Waals surface area contributed by atoms with Crippen LogP contribution in [0.5, 0.6) is 0 Å². The molecule has 11 heterocycles. The van der Waals surface area contributed by atoms with Crippen molar-refractivity contribution in [3.05, 3.63) is 0 Å². The Kier molecular flexibility index (Phi) is 39.0. The predicted molar refractivity (Wildman–Crippen MR) is 415 cm³/mol. The molecule has 57 atom stereocenters. The summed E-state index contributed by atoms with van der Waals surface area (Å²) in [5, 5.41) is 344. The van der Waals surface area contributed by atoms with Gasteiger partial charge in [-0.1, -0.05) is 27.7 Å². The van der Waals surface area contributed by atoms with Crippen LogP contribution in [-0.2, 0) is 109 Å². The first-order valence-electron chi connectivity index (χ1n) is 43.6. The average Bonchev–Trinajstić information content (AvgIpc) is 0.780. The number of nitrogens with two attached hydrogens (primary N) is 2. The van der Waals surface area contributed by atoms with Gasteiger partial charge in [-0.3, -0.25) is 4.79 Å². The number of hydrogen-bond acceptors (Lipinski definition) is 55. The van der Waals surface area contributed by atoms with E-state index in [1.165, 1.54) is 20.8 Å². The van der Waals surface area contributed by atoms with E-state index in [9.17, 15) is 168 Å². The fourth-order valence-electron chi connectivity index (χ4n) is 17.9. The number of ether oxygens (including phenoxy) is 21. The van der Waals surface area contributed by atoms with Gasteiger partial charge in [0.2, 0.25) is 5.79 Å². The zero-order valence-corrected chi connectivity index (χ0v) is 72.4. The molecule has 0 aromatic rings. The number of carboxylic acid groups (broad SMARTS) is 1. The van der Waals surface area contributed by atoms with Crippen molar-refractivity contribution in [2.24, 2.45) is 35.1 Å². The van der Waals surface area contributed by atoms with Gasteiger partial charge in [0.05, 0.1) is 127 Å². The van der Waals surface area contributed by atoms with E-state index in [0.29, 0.717) is 0 Å². The van der Waals surface area contributed by atoms with Crippen LogP contribution in [0, 0.1) is 23.7 Å². The molecule has 0 radical (unpaired) electrons. The molecule has 0 saturated carbocycles. The van der Waals surface area contributed by atoms with E-state index in [-0.39, 0.29) is 6.29 Å². The predicted octanol–water partition coefficient (Wildman–Crippen LogP) is -20.3. The second-order valence-electron chi connectivity index (χ2n) is 35.6. The molecule has 133 heavy (non-hydrogen) atoms. The topological polar surface area (TPSA) is 907 Å². The average molecular weight is 1950 g/mol. The lowest BCUT2D eigenvalue weighted by molar-refractivity contribution is -0.402. The molecule has 774 valence electrons. The van der Waals surface area contributed by atoms with Crippen LogP contribution in [0.25, 0.3) is 0 Å². The van der Waals surface area contributed by atoms with Gasteiger partial charge >= 0.3 is 5.97 Å². The molecule has 11 aliphatic rings. The van der Waals surface area contributed by atoms with Crippen LogP contribution in [0.1, 0.15) is 47.5 Å². The van der Waals surface area contributed by atoms with E-state index < -0.39 is 439 Å². The van der Waals surface area contributed by atoms with Gasteiger partial charge in [-0.2, -0.15) is 0 Å². The number of carbonyl (C=O) groups excluding carboxylic acids is 1. The number of rotatable bonds is 37. The quantitative estimate of drug-likeness (QED) is 0.0257. The zero-order valence-electron chi connectivity index (χ0n) is 72.4. The van der Waals surface area contributed by atoms with E-state index in [2.05, 4.69) is 0 Å². The minimum Gasteiger partial charge on any atom is -0.477 e. The van der Waals surface area contributed by atoms with Gasteiger partial charge in [0.1, 0.15) is 208 Å². The fraction of sp³-hybridized carbons (Fsp3) is 0.974. The molecule has 11 rings (SSSR count). The number of carbonyl (C=O) groups is 2. The van der Waals surface area contributed by atoms with E-state index in [1.54, 1.807) is 13.8 Å². The summed E-state index contributed by atoms with van der Waals surface area (Å²) in [4.78, 5) is 25.5. The first kappa shape index (κ1) is 110. The Morgan fingerprint density at radius 2 is 0.662 bits per heavy atom. The molecule has 35 N–H and O–H groups in total. The number of aldehydes is 1. The normalized spacial score (nSPS) is 51.2. The van der Waals surface area contributed by atoms with E-state index in [4.69, 9.17) is 111 Å². The maximum Gasteiger partial charge on any atom is 0.364 e. The Labute approximate surface area is 756 Å². The van der Waals surface area contributed by atoms with Crippen LogP contribution < -0.4 is 11.5 Å². The second-order valence-corrected chi connectivity index (χ2v) is 35.6. The van der Waals surface area contributed by atoms with Gasteiger partial charge in [-0.05, 0) is 6.92 Å². The van der Waals surface area contributed by atoms with Crippen LogP contribution in [0.3, 0.4) is 0 Å². The van der Waals surface area contributed by atoms with Crippen molar-refractivity contribution in [2.45, 2.75) is 372 Å². The highest BCUT2D eigenvalue weighted by Gasteiger charge is 2.63. The lowest BCUT2D eigenvalue weighted by Gasteiger charge is -2.51. The minimum absolute atomic E-state index is 0.0357. The van der Waals surface area contributed by atoms with E-state index >= 15 is 0 Å². The maximum absolute atomic E-state index is 12.8. The van der Waals surface area contributed by atoms with Crippen molar-refractivity contribution in [1.29, 1.82) is 0 Å². The Hall–Kier alpha value is -2.98. The first-order valence-corrected chi connectivity index (χ1v) is 43.6. The van der Waals surface area contributed by atoms with Crippen LogP contribution in [0.4, 0.5) is 0 Å². The fourth-order valence-corrected chi connectivity index (χ4v) is 17.9. The standard InChI is InChI=1S/C77H132N2O54/c1-20-24(5)116-31(12-84)58(40(20)93)125-67-21(2)41(94)61(34(15-87)119-67)128-72-57(110)64(129-74-66(54(107)47(100)30(11-83)118-74)131-69-23(4)43(96)60(33(14-86)121-69)126-70-55(108)51(104)48(101)36(123-70)17-114-76(19-88)6-25(89)38(78)62(132-76)44(97)27(91)8-80)50(103)35(122-72)16-113-73-65(53(106)46(99)29(10-82)117-73)130-68-22(3)42(95)59(32(13-85)120-68)127-71-56(109)52(105)49(102)37(124-71)18-115-77(75(111)112)7-26(90)39(79)63(133-77)45(98)28(92)9-81/h19-74,80-87,89-110H,6-18,78-79H2,1-5H3,(H,111,112)/t20-,21+,22?,23+,24+,25-,26-,27?,28?,29?,30-,31?,32+,33?,34?,35?,36?,37?,38-,39-,40?,41?,42?,43?,44-,45-,46-,47-,48+,49+,50-,51?,52?,53?,54?,55+,56+,57-,58-,59-,60-,61-,62?,63?,64?,65-,66?,67+,68+,69+,70+,71+,72+,73+,74-,76-,77-/m1/s1. The highest BCUT2D eigenvalue weighted by atomic mass is 16.8. The van der Waals surface area contributed by atoms with Crippen molar-refractivity contribution >= 4 is 12.3 Å². The Morgan fingerprint density at radius 1 is 0.338 bits per heavy atom. The monoisotopic (exact) mass is 1950 g/mol. The van der Waals surface area contributed by atoms with Gasteiger partial charge in [0, 0.05) is 36.5 Å². The van der Waals surface area contributed by atoms with Crippen LogP contribution in [0.15, 0.2) is 0 Å². The van der Waals surface area contributed by atoms with Gasteiger partial charge in [0.25, 0.3) is 5.79 Å². The third-order valence-electron chi connectivity index (χ3n) is 26.7. The van der Waals surface area contributed by atoms with E-state index in [0.717, 1.165) is 0 Å². The molecule has 56 nitrogen and oxygen atoms in total. The van der Waals surface area contributed by atoms with E-state index in [1.807, 2.05) is 0 Å². The summed E-state index contributed by atoms with van der Waals surface area (Å²) in [5.74, 6) is -12.2. The third kappa shape index (κ3) is 23.3. The molecule has 0 aliphatic carbocycles. The maximum atomic E-state index is 12.8. The molecule has 56 heteroatoms. The van der Waals surface area contributed by atoms with Crippen LogP contribution in [-0.4, -0.2) is 567 Å². The Morgan fingerprint density at radius 3 is 1.07 bits per heavy atom. The highest BCUT2D eigenvalue weighted by Crippen LogP contribution is 2.44. The number of aliphatic hydroxyl groups excluding tert-OH is 30. The van der Waals surface area contributed by atoms with Crippen molar-refractivity contribution in [3.63, 3.8) is 0 Å². The molecule has 11 aliphatic heterocycles. The summed E-state index contributed by atoms with van der Waals surface area (Å²) < 4.78 is 126. The van der Waals surface area contributed by atoms with Crippen molar-refractivity contribution < 1.29 is 267 Å². The van der Waals surface area contributed by atoms with Crippen molar-refractivity contribution in [2.75, 3.05) is 72.7 Å².